The van der Waals surface area contributed by atoms with Gasteiger partial charge in [-0.15, -0.1) is 0 Å². The topological polar surface area (TPSA) is 23.9 Å². The molecule has 0 rings (SSSR count). The molecule has 0 saturated heterocycles. The summed E-state index contributed by atoms with van der Waals surface area (Å²) in [6.07, 6.45) is 10.5. The summed E-state index contributed by atoms with van der Waals surface area (Å²) in [6, 6.07) is 0. The highest BCUT2D eigenvalue weighted by Crippen LogP contribution is 2.29. The van der Waals surface area contributed by atoms with Gasteiger partial charge in [0, 0.05) is 0 Å². The number of unbranched alkanes of at least 4 members (excludes halogenated alkanes) is 1. The van der Waals surface area contributed by atoms with E-state index in [2.05, 4.69) is 27.7 Å². The third kappa shape index (κ3) is 8.65. The molecule has 0 radical (unpaired) electrons. The van der Waals surface area contributed by atoms with Crippen molar-refractivity contribution in [2.24, 2.45) is 11.3 Å². The number of hydrogen-bond donors (Lipinski definition) is 1. The zero-order chi connectivity index (χ0) is 11.7. The van der Waals surface area contributed by atoms with Crippen LogP contribution in [0.2, 0.25) is 0 Å². The fourth-order valence-electron chi connectivity index (χ4n) is 2.22. The van der Waals surface area contributed by atoms with Crippen LogP contribution in [0.4, 0.5) is 0 Å². The average Bonchev–Trinajstić information content (AvgIpc) is 2.13. The number of hydrogen-bond acceptors (Lipinski definition) is 1. The summed E-state index contributed by atoms with van der Waals surface area (Å²) in [4.78, 5) is 0. The second kappa shape index (κ2) is 7.90. The van der Waals surface area contributed by atoms with Gasteiger partial charge in [-0.3, -0.25) is 0 Å². The van der Waals surface area contributed by atoms with Crippen LogP contribution in [-0.4, -0.2) is 6.21 Å². The van der Waals surface area contributed by atoms with E-state index in [4.69, 9.17) is 5.41 Å². The van der Waals surface area contributed by atoms with Crippen LogP contribution in [-0.2, 0) is 0 Å². The molecule has 0 aromatic carbocycles. The van der Waals surface area contributed by atoms with Gasteiger partial charge in [-0.1, -0.05) is 53.4 Å². The van der Waals surface area contributed by atoms with Crippen molar-refractivity contribution in [2.45, 2.75) is 72.6 Å². The Morgan fingerprint density at radius 2 is 1.87 bits per heavy atom. The van der Waals surface area contributed by atoms with Crippen molar-refractivity contribution in [3.05, 3.63) is 0 Å². The molecule has 0 aliphatic carbocycles. The molecule has 0 heterocycles. The fourth-order valence-corrected chi connectivity index (χ4v) is 2.22. The number of nitrogens with one attached hydrogen (secondary N) is 1. The first-order valence-electron chi connectivity index (χ1n) is 6.50. The smallest absolute Gasteiger partial charge is 0.00451 e. The van der Waals surface area contributed by atoms with Crippen LogP contribution in [0, 0.1) is 16.7 Å². The third-order valence-corrected chi connectivity index (χ3v) is 3.25. The van der Waals surface area contributed by atoms with Crippen molar-refractivity contribution >= 4 is 6.21 Å². The van der Waals surface area contributed by atoms with Crippen LogP contribution in [0.25, 0.3) is 0 Å². The van der Waals surface area contributed by atoms with Gasteiger partial charge in [0.15, 0.2) is 0 Å². The summed E-state index contributed by atoms with van der Waals surface area (Å²) >= 11 is 0. The quantitative estimate of drug-likeness (QED) is 0.408. The van der Waals surface area contributed by atoms with Crippen molar-refractivity contribution in [1.29, 1.82) is 5.41 Å². The maximum atomic E-state index is 7.04. The molecule has 0 aliphatic heterocycles. The van der Waals surface area contributed by atoms with Crippen molar-refractivity contribution in [2.75, 3.05) is 0 Å². The highest BCUT2D eigenvalue weighted by Gasteiger charge is 2.15. The van der Waals surface area contributed by atoms with Gasteiger partial charge in [-0.05, 0) is 36.8 Å². The summed E-state index contributed by atoms with van der Waals surface area (Å²) < 4.78 is 0. The van der Waals surface area contributed by atoms with Crippen LogP contribution < -0.4 is 0 Å². The predicted molar refractivity (Wildman–Crippen MR) is 69.7 cm³/mol. The van der Waals surface area contributed by atoms with Gasteiger partial charge >= 0.3 is 0 Å². The Labute approximate surface area is 96.2 Å². The van der Waals surface area contributed by atoms with Crippen molar-refractivity contribution < 1.29 is 0 Å². The van der Waals surface area contributed by atoms with Gasteiger partial charge in [-0.25, -0.2) is 0 Å². The SMILES string of the molecule is CCCC(C)(C)CCCCC(C)CC=N. The Hall–Kier alpha value is -0.330. The van der Waals surface area contributed by atoms with Crippen LogP contribution >= 0.6 is 0 Å². The largest absolute Gasteiger partial charge is 0.313 e. The molecule has 0 aromatic rings. The number of rotatable bonds is 9. The fraction of sp³-hybridized carbons (Fsp3) is 0.929. The lowest BCUT2D eigenvalue weighted by molar-refractivity contribution is 0.288. The van der Waals surface area contributed by atoms with Gasteiger partial charge in [0.05, 0.1) is 0 Å². The van der Waals surface area contributed by atoms with E-state index >= 15 is 0 Å². The van der Waals surface area contributed by atoms with Gasteiger partial charge in [0.2, 0.25) is 0 Å². The maximum absolute atomic E-state index is 7.04. The molecule has 1 unspecified atom stereocenters. The summed E-state index contributed by atoms with van der Waals surface area (Å²) in [7, 11) is 0. The van der Waals surface area contributed by atoms with Crippen LogP contribution in [0.1, 0.15) is 72.6 Å². The minimum absolute atomic E-state index is 0.541. The molecular formula is C14H29N. The van der Waals surface area contributed by atoms with Crippen molar-refractivity contribution in [3.8, 4) is 0 Å². The van der Waals surface area contributed by atoms with E-state index < -0.39 is 0 Å². The van der Waals surface area contributed by atoms with E-state index in [0.717, 1.165) is 6.42 Å². The Morgan fingerprint density at radius 3 is 2.40 bits per heavy atom. The first-order valence-corrected chi connectivity index (χ1v) is 6.50. The molecule has 90 valence electrons. The van der Waals surface area contributed by atoms with Crippen LogP contribution in [0.5, 0.6) is 0 Å². The second-order valence-corrected chi connectivity index (χ2v) is 5.70. The minimum atomic E-state index is 0.541. The van der Waals surface area contributed by atoms with E-state index in [-0.39, 0.29) is 0 Å². The van der Waals surface area contributed by atoms with E-state index in [0.29, 0.717) is 11.3 Å². The molecule has 1 N–H and O–H groups in total. The molecule has 0 aliphatic rings. The Bertz CT molecular complexity index is 161. The average molecular weight is 211 g/mol. The summed E-state index contributed by atoms with van der Waals surface area (Å²) in [6.45, 7) is 9.30. The van der Waals surface area contributed by atoms with Gasteiger partial charge < -0.3 is 5.41 Å². The van der Waals surface area contributed by atoms with Crippen LogP contribution in [0.15, 0.2) is 0 Å². The Morgan fingerprint density at radius 1 is 1.20 bits per heavy atom. The summed E-state index contributed by atoms with van der Waals surface area (Å²) in [5.74, 6) is 0.705. The van der Waals surface area contributed by atoms with Gasteiger partial charge in [0.25, 0.3) is 0 Å². The van der Waals surface area contributed by atoms with E-state index in [1.54, 1.807) is 6.21 Å². The molecule has 0 saturated carbocycles. The van der Waals surface area contributed by atoms with E-state index in [1.165, 1.54) is 38.5 Å². The lowest BCUT2D eigenvalue weighted by Crippen LogP contribution is -2.10. The van der Waals surface area contributed by atoms with Crippen molar-refractivity contribution in [1.82, 2.24) is 0 Å². The molecule has 0 amide bonds. The molecule has 1 atom stereocenters. The highest BCUT2D eigenvalue weighted by atomic mass is 14.3. The normalized spacial score (nSPS) is 13.9. The molecular weight excluding hydrogens is 182 g/mol. The molecule has 0 aromatic heterocycles. The monoisotopic (exact) mass is 211 g/mol. The second-order valence-electron chi connectivity index (χ2n) is 5.70. The lowest BCUT2D eigenvalue weighted by Gasteiger charge is -2.24. The van der Waals surface area contributed by atoms with Gasteiger partial charge in [-0.2, -0.15) is 0 Å². The zero-order valence-electron chi connectivity index (χ0n) is 11.1. The van der Waals surface area contributed by atoms with Crippen molar-refractivity contribution in [3.63, 3.8) is 0 Å². The minimum Gasteiger partial charge on any atom is -0.313 e. The van der Waals surface area contributed by atoms with Crippen LogP contribution in [0.3, 0.4) is 0 Å². The molecule has 15 heavy (non-hydrogen) atoms. The zero-order valence-corrected chi connectivity index (χ0v) is 11.1. The summed E-state index contributed by atoms with van der Waals surface area (Å²) in [5.41, 5.74) is 0.541. The van der Waals surface area contributed by atoms with E-state index in [1.807, 2.05) is 0 Å². The predicted octanol–water partition coefficient (Wildman–Crippen LogP) is 5.05. The standard InChI is InChI=1S/C14H29N/c1-5-10-14(3,4)11-7-6-8-13(2)9-12-15/h12-13,15H,5-11H2,1-4H3. The lowest BCUT2D eigenvalue weighted by atomic mass is 9.82. The molecule has 0 spiro atoms. The molecule has 1 nitrogen and oxygen atoms in total. The van der Waals surface area contributed by atoms with E-state index in [9.17, 15) is 0 Å². The first-order chi connectivity index (χ1) is 7.02. The molecule has 0 bridgehead atoms. The molecule has 1 heteroatoms. The molecule has 0 fully saturated rings. The summed E-state index contributed by atoms with van der Waals surface area (Å²) in [5, 5.41) is 7.04. The van der Waals surface area contributed by atoms with Gasteiger partial charge in [0.1, 0.15) is 0 Å². The third-order valence-electron chi connectivity index (χ3n) is 3.25. The first kappa shape index (κ1) is 14.7. The maximum Gasteiger partial charge on any atom is -0.00451 e. The Kier molecular flexibility index (Phi) is 7.72. The Balaban J connectivity index is 3.48. The highest BCUT2D eigenvalue weighted by molar-refractivity contribution is 5.53.